The minimum atomic E-state index is 0.00481. The number of ether oxygens (including phenoxy) is 1. The molecule has 6 nitrogen and oxygen atoms in total. The van der Waals surface area contributed by atoms with Gasteiger partial charge >= 0.3 is 0 Å². The van der Waals surface area contributed by atoms with Crippen LogP contribution < -0.4 is 10.3 Å². The number of aromatic nitrogens is 2. The molecule has 1 aliphatic heterocycles. The highest BCUT2D eigenvalue weighted by atomic mass is 16.5. The summed E-state index contributed by atoms with van der Waals surface area (Å²) < 4.78 is 5.07. The average Bonchev–Trinajstić information content (AvgIpc) is 2.55. The summed E-state index contributed by atoms with van der Waals surface area (Å²) in [5.74, 6) is 1.39. The number of phenols is 1. The highest BCUT2D eigenvalue weighted by Crippen LogP contribution is 2.27. The first-order chi connectivity index (χ1) is 11.6. The van der Waals surface area contributed by atoms with Crippen LogP contribution in [0.2, 0.25) is 0 Å². The number of aromatic amines is 1. The summed E-state index contributed by atoms with van der Waals surface area (Å²) in [5.41, 5.74) is 2.70. The molecule has 1 aromatic heterocycles. The van der Waals surface area contributed by atoms with Crippen molar-refractivity contribution >= 4 is 0 Å². The average molecular weight is 329 g/mol. The maximum absolute atomic E-state index is 12.2. The fourth-order valence-electron chi connectivity index (χ4n) is 3.13. The summed E-state index contributed by atoms with van der Waals surface area (Å²) in [6, 6.07) is 5.44. The molecule has 2 aromatic rings. The van der Waals surface area contributed by atoms with Gasteiger partial charge in [0, 0.05) is 31.6 Å². The number of hydrogen-bond acceptors (Lipinski definition) is 5. The molecule has 0 amide bonds. The molecule has 128 valence electrons. The highest BCUT2D eigenvalue weighted by molar-refractivity contribution is 5.41. The maximum Gasteiger partial charge on any atom is 0.254 e. The van der Waals surface area contributed by atoms with Gasteiger partial charge in [0.1, 0.15) is 5.82 Å². The molecule has 24 heavy (non-hydrogen) atoms. The molecule has 0 saturated heterocycles. The van der Waals surface area contributed by atoms with Crippen LogP contribution in [0.4, 0.5) is 0 Å². The Kier molecular flexibility index (Phi) is 4.85. The van der Waals surface area contributed by atoms with Crippen molar-refractivity contribution in [1.82, 2.24) is 14.9 Å². The topological polar surface area (TPSA) is 78.5 Å². The number of nitrogens with zero attached hydrogens (tertiary/aromatic N) is 2. The molecule has 0 aliphatic carbocycles. The predicted octanol–water partition coefficient (Wildman–Crippen LogP) is 1.99. The van der Waals surface area contributed by atoms with Gasteiger partial charge in [-0.1, -0.05) is 13.0 Å². The van der Waals surface area contributed by atoms with Gasteiger partial charge in [-0.05, 0) is 30.5 Å². The van der Waals surface area contributed by atoms with Crippen molar-refractivity contribution in [1.29, 1.82) is 0 Å². The van der Waals surface area contributed by atoms with Crippen LogP contribution >= 0.6 is 0 Å². The van der Waals surface area contributed by atoms with E-state index in [4.69, 9.17) is 4.74 Å². The number of aryl methyl sites for hydroxylation is 1. The summed E-state index contributed by atoms with van der Waals surface area (Å²) in [7, 11) is 1.54. The molecule has 2 heterocycles. The van der Waals surface area contributed by atoms with E-state index in [-0.39, 0.29) is 11.3 Å². The smallest absolute Gasteiger partial charge is 0.254 e. The number of fused-ring (bicyclic) bond motifs is 1. The number of phenolic OH excluding ortho intramolecular Hbond substituents is 1. The lowest BCUT2D eigenvalue weighted by atomic mass is 10.1. The SMILES string of the molecule is CCCc1nc2c(c(=O)[nH]1)CCN(Cc1ccc(OC)c(O)c1)C2. The van der Waals surface area contributed by atoms with Gasteiger partial charge in [-0.25, -0.2) is 4.98 Å². The number of rotatable bonds is 5. The van der Waals surface area contributed by atoms with Crippen molar-refractivity contribution in [2.75, 3.05) is 13.7 Å². The lowest BCUT2D eigenvalue weighted by Crippen LogP contribution is -2.35. The van der Waals surface area contributed by atoms with Crippen LogP contribution in [-0.4, -0.2) is 33.6 Å². The number of nitrogens with one attached hydrogen (secondary N) is 1. The zero-order chi connectivity index (χ0) is 17.1. The van der Waals surface area contributed by atoms with Crippen molar-refractivity contribution in [3.8, 4) is 11.5 Å². The normalized spacial score (nSPS) is 14.4. The van der Waals surface area contributed by atoms with E-state index in [1.165, 1.54) is 7.11 Å². The molecular weight excluding hydrogens is 306 g/mol. The van der Waals surface area contributed by atoms with E-state index in [0.717, 1.165) is 42.0 Å². The van der Waals surface area contributed by atoms with E-state index >= 15 is 0 Å². The van der Waals surface area contributed by atoms with E-state index in [1.54, 1.807) is 12.1 Å². The molecule has 1 aliphatic rings. The number of benzene rings is 1. The standard InChI is InChI=1S/C18H23N3O3/c1-3-4-17-19-14-11-21(8-7-13(14)18(23)20-17)10-12-5-6-16(24-2)15(22)9-12/h5-6,9,22H,3-4,7-8,10-11H2,1-2H3,(H,19,20,23). The van der Waals surface area contributed by atoms with Crippen molar-refractivity contribution < 1.29 is 9.84 Å². The second-order valence-corrected chi connectivity index (χ2v) is 6.15. The van der Waals surface area contributed by atoms with E-state index in [2.05, 4.69) is 21.8 Å². The first kappa shape index (κ1) is 16.5. The molecule has 2 N–H and O–H groups in total. The second-order valence-electron chi connectivity index (χ2n) is 6.15. The van der Waals surface area contributed by atoms with Gasteiger partial charge in [-0.15, -0.1) is 0 Å². The zero-order valence-corrected chi connectivity index (χ0v) is 14.1. The summed E-state index contributed by atoms with van der Waals surface area (Å²) in [5, 5.41) is 9.91. The lowest BCUT2D eigenvalue weighted by molar-refractivity contribution is 0.239. The van der Waals surface area contributed by atoms with E-state index < -0.39 is 0 Å². The van der Waals surface area contributed by atoms with Crippen molar-refractivity contribution in [2.24, 2.45) is 0 Å². The van der Waals surface area contributed by atoms with Gasteiger partial charge < -0.3 is 14.8 Å². The van der Waals surface area contributed by atoms with Crippen LogP contribution in [-0.2, 0) is 25.9 Å². The number of methoxy groups -OCH3 is 1. The number of H-pyrrole nitrogens is 1. The first-order valence-corrected chi connectivity index (χ1v) is 8.30. The van der Waals surface area contributed by atoms with Gasteiger partial charge in [-0.3, -0.25) is 9.69 Å². The molecular formula is C18H23N3O3. The van der Waals surface area contributed by atoms with Crippen LogP contribution in [0, 0.1) is 0 Å². The maximum atomic E-state index is 12.2. The molecule has 6 heteroatoms. The minimum Gasteiger partial charge on any atom is -0.504 e. The van der Waals surface area contributed by atoms with Gasteiger partial charge in [0.25, 0.3) is 5.56 Å². The Bertz CT molecular complexity index is 786. The van der Waals surface area contributed by atoms with Crippen LogP contribution in [0.25, 0.3) is 0 Å². The molecule has 0 atom stereocenters. The fraction of sp³-hybridized carbons (Fsp3) is 0.444. The lowest BCUT2D eigenvalue weighted by Gasteiger charge is -2.27. The summed E-state index contributed by atoms with van der Waals surface area (Å²) in [6.45, 7) is 4.23. The van der Waals surface area contributed by atoms with Gasteiger partial charge in [-0.2, -0.15) is 0 Å². The Morgan fingerprint density at radius 1 is 1.42 bits per heavy atom. The molecule has 0 fully saturated rings. The Labute approximate surface area is 141 Å². The van der Waals surface area contributed by atoms with Crippen LogP contribution in [0.5, 0.6) is 11.5 Å². The Hall–Kier alpha value is -2.34. The quantitative estimate of drug-likeness (QED) is 0.877. The van der Waals surface area contributed by atoms with Gasteiger partial charge in [0.2, 0.25) is 0 Å². The predicted molar refractivity (Wildman–Crippen MR) is 91.3 cm³/mol. The van der Waals surface area contributed by atoms with Gasteiger partial charge in [0.05, 0.1) is 12.8 Å². The molecule has 1 aromatic carbocycles. The highest BCUT2D eigenvalue weighted by Gasteiger charge is 2.21. The number of hydrogen-bond donors (Lipinski definition) is 2. The fourth-order valence-corrected chi connectivity index (χ4v) is 3.13. The third-order valence-electron chi connectivity index (χ3n) is 4.34. The third-order valence-corrected chi connectivity index (χ3v) is 4.34. The Morgan fingerprint density at radius 3 is 2.96 bits per heavy atom. The van der Waals surface area contributed by atoms with Crippen LogP contribution in [0.15, 0.2) is 23.0 Å². The van der Waals surface area contributed by atoms with E-state index in [0.29, 0.717) is 25.3 Å². The van der Waals surface area contributed by atoms with E-state index in [9.17, 15) is 9.90 Å². The Balaban J connectivity index is 1.77. The molecule has 0 bridgehead atoms. The van der Waals surface area contributed by atoms with Crippen molar-refractivity contribution in [3.63, 3.8) is 0 Å². The molecule has 0 saturated carbocycles. The van der Waals surface area contributed by atoms with Crippen molar-refractivity contribution in [2.45, 2.75) is 39.3 Å². The van der Waals surface area contributed by atoms with E-state index in [1.807, 2.05) is 6.07 Å². The van der Waals surface area contributed by atoms with Crippen LogP contribution in [0.1, 0.15) is 36.0 Å². The largest absolute Gasteiger partial charge is 0.504 e. The minimum absolute atomic E-state index is 0.00481. The Morgan fingerprint density at radius 2 is 2.25 bits per heavy atom. The van der Waals surface area contributed by atoms with Gasteiger partial charge in [0.15, 0.2) is 11.5 Å². The second kappa shape index (κ2) is 7.05. The summed E-state index contributed by atoms with van der Waals surface area (Å²) >= 11 is 0. The molecule has 3 rings (SSSR count). The summed E-state index contributed by atoms with van der Waals surface area (Å²) in [4.78, 5) is 21.9. The summed E-state index contributed by atoms with van der Waals surface area (Å²) in [6.07, 6.45) is 2.44. The zero-order valence-electron chi connectivity index (χ0n) is 14.1. The monoisotopic (exact) mass is 329 g/mol. The van der Waals surface area contributed by atoms with Crippen molar-refractivity contribution in [3.05, 3.63) is 51.2 Å². The molecule has 0 radical (unpaired) electrons. The third kappa shape index (κ3) is 3.43. The van der Waals surface area contributed by atoms with Crippen LogP contribution in [0.3, 0.4) is 0 Å². The number of aromatic hydroxyl groups is 1. The molecule has 0 spiro atoms. The first-order valence-electron chi connectivity index (χ1n) is 8.30. The molecule has 0 unspecified atom stereocenters.